The van der Waals surface area contributed by atoms with E-state index in [1.807, 2.05) is 54.6 Å². The number of nitrogens with zero attached hydrogens (tertiary/aromatic N) is 1. The van der Waals surface area contributed by atoms with E-state index in [0.29, 0.717) is 36.9 Å². The topological polar surface area (TPSA) is 50.7 Å². The number of hydrogen-bond donors (Lipinski definition) is 1. The number of ether oxygens (including phenoxy) is 1. The van der Waals surface area contributed by atoms with Gasteiger partial charge in [-0.25, -0.2) is 4.99 Å². The van der Waals surface area contributed by atoms with Crippen LogP contribution in [-0.4, -0.2) is 12.1 Å². The highest BCUT2D eigenvalue weighted by Gasteiger charge is 2.25. The molecule has 1 aliphatic rings. The van der Waals surface area contributed by atoms with Gasteiger partial charge in [-0.05, 0) is 61.6 Å². The standard InChI is InChI=1S/C29H23Cl3N2O2S/c30-20-14-19(27(24(32)15-20)36-17-18-8-4-6-12-23(18)31)16-33-29-26(22-11-5-7-13-25(22)37-29)28(35)34-21-9-2-1-3-10-21/h1-4,6,8-10,12,14-16H,5,7,11,13,17H2,(H,34,35). The van der Waals surface area contributed by atoms with Crippen LogP contribution in [0.1, 0.15) is 44.8 Å². The molecule has 5 rings (SSSR count). The molecule has 1 N–H and O–H groups in total. The van der Waals surface area contributed by atoms with E-state index < -0.39 is 0 Å². The fourth-order valence-electron chi connectivity index (χ4n) is 4.31. The number of hydrogen-bond acceptors (Lipinski definition) is 4. The average Bonchev–Trinajstić information content (AvgIpc) is 3.27. The van der Waals surface area contributed by atoms with E-state index in [2.05, 4.69) is 5.32 Å². The Balaban J connectivity index is 1.48. The fourth-order valence-corrected chi connectivity index (χ4v) is 6.30. The Bertz CT molecular complexity index is 1470. The number of halogens is 3. The van der Waals surface area contributed by atoms with Gasteiger partial charge in [0.25, 0.3) is 5.91 Å². The summed E-state index contributed by atoms with van der Waals surface area (Å²) >= 11 is 20.7. The quantitative estimate of drug-likeness (QED) is 0.226. The summed E-state index contributed by atoms with van der Waals surface area (Å²) in [6.07, 6.45) is 5.66. The van der Waals surface area contributed by atoms with Gasteiger partial charge in [0.05, 0.1) is 10.6 Å². The van der Waals surface area contributed by atoms with Crippen LogP contribution in [0, 0.1) is 0 Å². The van der Waals surface area contributed by atoms with Gasteiger partial charge in [-0.15, -0.1) is 11.3 Å². The number of thiophene rings is 1. The molecule has 1 heterocycles. The maximum atomic E-state index is 13.4. The van der Waals surface area contributed by atoms with E-state index >= 15 is 0 Å². The van der Waals surface area contributed by atoms with Crippen molar-refractivity contribution in [1.29, 1.82) is 0 Å². The summed E-state index contributed by atoms with van der Waals surface area (Å²) in [5, 5.41) is 5.12. The number of carbonyl (C=O) groups excluding carboxylic acids is 1. The number of carbonyl (C=O) groups is 1. The summed E-state index contributed by atoms with van der Waals surface area (Å²) in [6, 6.07) is 20.3. The molecule has 0 aliphatic heterocycles. The number of benzene rings is 3. The molecule has 4 aromatic rings. The highest BCUT2D eigenvalue weighted by atomic mass is 35.5. The highest BCUT2D eigenvalue weighted by molar-refractivity contribution is 7.16. The minimum Gasteiger partial charge on any atom is -0.487 e. The van der Waals surface area contributed by atoms with Gasteiger partial charge in [0.1, 0.15) is 17.4 Å². The van der Waals surface area contributed by atoms with E-state index in [-0.39, 0.29) is 12.5 Å². The van der Waals surface area contributed by atoms with Crippen LogP contribution in [0.3, 0.4) is 0 Å². The molecule has 0 atom stereocenters. The smallest absolute Gasteiger partial charge is 0.259 e. The molecule has 0 unspecified atom stereocenters. The van der Waals surface area contributed by atoms with Crippen molar-refractivity contribution in [3.8, 4) is 5.75 Å². The molecular weight excluding hydrogens is 547 g/mol. The van der Waals surface area contributed by atoms with Gasteiger partial charge in [0.2, 0.25) is 0 Å². The Morgan fingerprint density at radius 1 is 0.973 bits per heavy atom. The van der Waals surface area contributed by atoms with Crippen LogP contribution in [0.15, 0.2) is 71.7 Å². The number of nitrogens with one attached hydrogen (secondary N) is 1. The minimum atomic E-state index is -0.155. The first kappa shape index (κ1) is 25.8. The van der Waals surface area contributed by atoms with Crippen LogP contribution < -0.4 is 10.1 Å². The Labute approximate surface area is 234 Å². The third-order valence-corrected chi connectivity index (χ3v) is 8.17. The number of para-hydroxylation sites is 1. The van der Waals surface area contributed by atoms with E-state index in [9.17, 15) is 4.79 Å². The maximum Gasteiger partial charge on any atom is 0.259 e. The second-order valence-electron chi connectivity index (χ2n) is 8.66. The minimum absolute atomic E-state index is 0.155. The highest BCUT2D eigenvalue weighted by Crippen LogP contribution is 2.41. The summed E-state index contributed by atoms with van der Waals surface area (Å²) in [5.41, 5.74) is 3.92. The molecule has 0 saturated carbocycles. The third-order valence-electron chi connectivity index (χ3n) is 6.10. The summed E-state index contributed by atoms with van der Waals surface area (Å²) in [7, 11) is 0. The lowest BCUT2D eigenvalue weighted by Crippen LogP contribution is -2.14. The zero-order valence-corrected chi connectivity index (χ0v) is 22.9. The Morgan fingerprint density at radius 2 is 1.73 bits per heavy atom. The molecule has 37 heavy (non-hydrogen) atoms. The molecule has 0 bridgehead atoms. The van der Waals surface area contributed by atoms with Crippen molar-refractivity contribution in [1.82, 2.24) is 0 Å². The second kappa shape index (κ2) is 11.7. The summed E-state index contributed by atoms with van der Waals surface area (Å²) < 4.78 is 6.07. The van der Waals surface area contributed by atoms with Crippen molar-refractivity contribution in [3.63, 3.8) is 0 Å². The predicted molar refractivity (Wildman–Crippen MR) is 155 cm³/mol. The number of anilines is 1. The average molecular weight is 570 g/mol. The van der Waals surface area contributed by atoms with Crippen molar-refractivity contribution < 1.29 is 9.53 Å². The van der Waals surface area contributed by atoms with Crippen molar-refractivity contribution >= 4 is 68.9 Å². The predicted octanol–water partition coefficient (Wildman–Crippen LogP) is 9.17. The molecular formula is C29H23Cl3N2O2S. The lowest BCUT2D eigenvalue weighted by Gasteiger charge is -2.13. The monoisotopic (exact) mass is 568 g/mol. The van der Waals surface area contributed by atoms with Gasteiger partial charge in [0.15, 0.2) is 0 Å². The first-order valence-electron chi connectivity index (χ1n) is 11.9. The Kier molecular flexibility index (Phi) is 8.16. The number of amides is 1. The van der Waals surface area contributed by atoms with E-state index in [1.165, 1.54) is 4.88 Å². The third kappa shape index (κ3) is 6.02. The molecule has 0 fully saturated rings. The molecule has 3 aromatic carbocycles. The van der Waals surface area contributed by atoms with Gasteiger partial charge in [0, 0.05) is 38.0 Å². The normalized spacial score (nSPS) is 12.9. The molecule has 1 aliphatic carbocycles. The van der Waals surface area contributed by atoms with E-state index in [0.717, 1.165) is 42.5 Å². The van der Waals surface area contributed by atoms with E-state index in [1.54, 1.807) is 29.7 Å². The van der Waals surface area contributed by atoms with Gasteiger partial charge in [-0.3, -0.25) is 4.79 Å². The maximum absolute atomic E-state index is 13.4. The van der Waals surface area contributed by atoms with Crippen molar-refractivity contribution in [2.24, 2.45) is 4.99 Å². The summed E-state index contributed by atoms with van der Waals surface area (Å²) in [5.74, 6) is 0.295. The number of aliphatic imine (C=N–C) groups is 1. The fraction of sp³-hybridized carbons (Fsp3) is 0.172. The molecule has 1 amide bonds. The van der Waals surface area contributed by atoms with Crippen LogP contribution >= 0.6 is 46.1 Å². The zero-order chi connectivity index (χ0) is 25.8. The zero-order valence-electron chi connectivity index (χ0n) is 19.8. The molecule has 0 saturated heterocycles. The van der Waals surface area contributed by atoms with Gasteiger partial charge < -0.3 is 10.1 Å². The van der Waals surface area contributed by atoms with Crippen molar-refractivity contribution in [3.05, 3.63) is 109 Å². The molecule has 188 valence electrons. The molecule has 4 nitrogen and oxygen atoms in total. The lowest BCUT2D eigenvalue weighted by atomic mass is 9.95. The van der Waals surface area contributed by atoms with Gasteiger partial charge in [-0.2, -0.15) is 0 Å². The SMILES string of the molecule is O=C(Nc1ccccc1)c1c(N=Cc2cc(Cl)cc(Cl)c2OCc2ccccc2Cl)sc2c1CCCC2. The van der Waals surface area contributed by atoms with Gasteiger partial charge in [-0.1, -0.05) is 71.2 Å². The first-order valence-corrected chi connectivity index (χ1v) is 13.8. The summed E-state index contributed by atoms with van der Waals surface area (Å²) in [6.45, 7) is 0.236. The van der Waals surface area contributed by atoms with Gasteiger partial charge >= 0.3 is 0 Å². The Hall–Kier alpha value is -2.83. The molecule has 0 radical (unpaired) electrons. The summed E-state index contributed by atoms with van der Waals surface area (Å²) in [4.78, 5) is 19.4. The van der Waals surface area contributed by atoms with Crippen LogP contribution in [-0.2, 0) is 19.4 Å². The van der Waals surface area contributed by atoms with Crippen molar-refractivity contribution in [2.45, 2.75) is 32.3 Å². The Morgan fingerprint density at radius 3 is 2.54 bits per heavy atom. The van der Waals surface area contributed by atoms with Crippen LogP contribution in [0.4, 0.5) is 10.7 Å². The van der Waals surface area contributed by atoms with Crippen LogP contribution in [0.25, 0.3) is 0 Å². The first-order chi connectivity index (χ1) is 18.0. The molecule has 1 aromatic heterocycles. The molecule has 8 heteroatoms. The number of aryl methyl sites for hydroxylation is 1. The van der Waals surface area contributed by atoms with Crippen LogP contribution in [0.5, 0.6) is 5.75 Å². The second-order valence-corrected chi connectivity index (χ2v) is 11.0. The number of rotatable bonds is 7. The van der Waals surface area contributed by atoms with Crippen LogP contribution in [0.2, 0.25) is 15.1 Å². The van der Waals surface area contributed by atoms with E-state index in [4.69, 9.17) is 44.5 Å². The lowest BCUT2D eigenvalue weighted by molar-refractivity contribution is 0.102. The molecule has 0 spiro atoms. The van der Waals surface area contributed by atoms with Crippen molar-refractivity contribution in [2.75, 3.05) is 5.32 Å². The number of fused-ring (bicyclic) bond motifs is 1. The largest absolute Gasteiger partial charge is 0.487 e.